The first-order chi connectivity index (χ1) is 8.18. The van der Waals surface area contributed by atoms with E-state index in [1.165, 1.54) is 24.3 Å². The van der Waals surface area contributed by atoms with Crippen molar-refractivity contribution in [1.82, 2.24) is 4.72 Å². The van der Waals surface area contributed by atoms with Crippen molar-refractivity contribution in [2.45, 2.75) is 36.1 Å². The Hall–Kier alpha value is -0.960. The molecule has 0 aliphatic heterocycles. The molecular formula is C10H16N2O4S2. The molecule has 0 amide bonds. The first-order valence-electron chi connectivity index (χ1n) is 5.32. The zero-order valence-electron chi connectivity index (χ0n) is 10.1. The van der Waals surface area contributed by atoms with Gasteiger partial charge in [0.2, 0.25) is 20.0 Å². The Kier molecular flexibility index (Phi) is 4.49. The number of rotatable bonds is 5. The molecule has 0 radical (unpaired) electrons. The van der Waals surface area contributed by atoms with Gasteiger partial charge in [-0.05, 0) is 25.5 Å². The first-order valence-corrected chi connectivity index (χ1v) is 8.35. The van der Waals surface area contributed by atoms with Gasteiger partial charge in [0.1, 0.15) is 9.79 Å². The van der Waals surface area contributed by atoms with Crippen LogP contribution in [0.2, 0.25) is 0 Å². The van der Waals surface area contributed by atoms with Gasteiger partial charge >= 0.3 is 0 Å². The molecule has 0 aromatic heterocycles. The smallest absolute Gasteiger partial charge is 0.225 e. The highest BCUT2D eigenvalue weighted by Crippen LogP contribution is 2.19. The number of nitrogens with one attached hydrogen (secondary N) is 1. The van der Waals surface area contributed by atoms with Crippen molar-refractivity contribution >= 4 is 20.0 Å². The molecule has 1 atom stereocenters. The normalized spacial score (nSPS) is 14.4. The van der Waals surface area contributed by atoms with Crippen LogP contribution >= 0.6 is 0 Å². The summed E-state index contributed by atoms with van der Waals surface area (Å²) in [4.78, 5) is -0.728. The minimum atomic E-state index is -4.08. The second kappa shape index (κ2) is 5.35. The summed E-state index contributed by atoms with van der Waals surface area (Å²) < 4.78 is 49.1. The van der Waals surface area contributed by atoms with Crippen LogP contribution in [0.4, 0.5) is 0 Å². The fraction of sp³-hybridized carbons (Fsp3) is 0.400. The van der Waals surface area contributed by atoms with E-state index in [9.17, 15) is 16.8 Å². The molecule has 0 saturated carbocycles. The van der Waals surface area contributed by atoms with E-state index >= 15 is 0 Å². The lowest BCUT2D eigenvalue weighted by Gasteiger charge is -2.14. The minimum absolute atomic E-state index is 0.288. The Morgan fingerprint density at radius 3 is 2.11 bits per heavy atom. The van der Waals surface area contributed by atoms with Gasteiger partial charge in [-0.1, -0.05) is 19.1 Å². The molecule has 0 aliphatic rings. The highest BCUT2D eigenvalue weighted by molar-refractivity contribution is 7.92. The van der Waals surface area contributed by atoms with E-state index in [1.807, 2.05) is 6.92 Å². The summed E-state index contributed by atoms with van der Waals surface area (Å²) in [6.45, 7) is 3.51. The molecule has 1 aromatic carbocycles. The van der Waals surface area contributed by atoms with Crippen molar-refractivity contribution in [3.63, 3.8) is 0 Å². The minimum Gasteiger partial charge on any atom is -0.225 e. The first kappa shape index (κ1) is 15.1. The van der Waals surface area contributed by atoms with Crippen molar-refractivity contribution in [2.75, 3.05) is 0 Å². The van der Waals surface area contributed by atoms with Gasteiger partial charge in [0, 0.05) is 6.04 Å². The number of hydrogen-bond acceptors (Lipinski definition) is 4. The molecular weight excluding hydrogens is 276 g/mol. The third-order valence-electron chi connectivity index (χ3n) is 2.41. The fourth-order valence-electron chi connectivity index (χ4n) is 1.32. The van der Waals surface area contributed by atoms with Crippen molar-refractivity contribution in [3.05, 3.63) is 24.3 Å². The lowest BCUT2D eigenvalue weighted by Crippen LogP contribution is -2.33. The molecule has 0 bridgehead atoms. The van der Waals surface area contributed by atoms with E-state index in [4.69, 9.17) is 5.14 Å². The quantitative estimate of drug-likeness (QED) is 0.819. The molecule has 8 heteroatoms. The van der Waals surface area contributed by atoms with Gasteiger partial charge in [-0.2, -0.15) is 0 Å². The Bertz CT molecular complexity index is 623. The van der Waals surface area contributed by atoms with E-state index < -0.39 is 24.9 Å². The molecule has 1 unspecified atom stereocenters. The third-order valence-corrected chi connectivity index (χ3v) is 5.16. The lowest BCUT2D eigenvalue weighted by molar-refractivity contribution is 0.551. The number of sulfonamides is 2. The van der Waals surface area contributed by atoms with Crippen molar-refractivity contribution in [1.29, 1.82) is 0 Å². The predicted molar refractivity (Wildman–Crippen MR) is 67.9 cm³/mol. The Labute approximate surface area is 107 Å². The van der Waals surface area contributed by atoms with E-state index in [0.717, 1.165) is 0 Å². The fourth-order valence-corrected chi connectivity index (χ4v) is 4.03. The molecule has 6 nitrogen and oxygen atoms in total. The molecule has 3 N–H and O–H groups in total. The molecule has 102 valence electrons. The lowest BCUT2D eigenvalue weighted by atomic mass is 10.3. The van der Waals surface area contributed by atoms with Gasteiger partial charge < -0.3 is 0 Å². The van der Waals surface area contributed by atoms with E-state index in [0.29, 0.717) is 6.42 Å². The largest absolute Gasteiger partial charge is 0.242 e. The number of benzene rings is 1. The van der Waals surface area contributed by atoms with Crippen LogP contribution in [0.25, 0.3) is 0 Å². The zero-order valence-corrected chi connectivity index (χ0v) is 11.8. The van der Waals surface area contributed by atoms with Gasteiger partial charge in [0.05, 0.1) is 0 Å². The van der Waals surface area contributed by atoms with Crippen molar-refractivity contribution in [3.8, 4) is 0 Å². The van der Waals surface area contributed by atoms with Crippen LogP contribution in [0.15, 0.2) is 34.1 Å². The number of nitrogens with two attached hydrogens (primary N) is 1. The monoisotopic (exact) mass is 292 g/mol. The van der Waals surface area contributed by atoms with Crippen LogP contribution in [0.1, 0.15) is 20.3 Å². The summed E-state index contributed by atoms with van der Waals surface area (Å²) in [5.41, 5.74) is 0. The van der Waals surface area contributed by atoms with Crippen LogP contribution in [0, 0.1) is 0 Å². The molecule has 0 fully saturated rings. The van der Waals surface area contributed by atoms with Gasteiger partial charge in [-0.15, -0.1) is 0 Å². The maximum atomic E-state index is 12.0. The summed E-state index contributed by atoms with van der Waals surface area (Å²) >= 11 is 0. The number of hydrogen-bond donors (Lipinski definition) is 2. The van der Waals surface area contributed by atoms with E-state index in [-0.39, 0.29) is 10.9 Å². The van der Waals surface area contributed by atoms with E-state index in [2.05, 4.69) is 4.72 Å². The molecule has 0 heterocycles. The standard InChI is InChI=1S/C10H16N2O4S2/c1-3-8(2)12-18(15,16)10-7-5-4-6-9(10)17(11,13)14/h4-8,12H,3H2,1-2H3,(H2,11,13,14). The Balaban J connectivity index is 3.34. The number of primary sulfonamides is 1. The SMILES string of the molecule is CCC(C)NS(=O)(=O)c1ccccc1S(N)(=O)=O. The van der Waals surface area contributed by atoms with Gasteiger partial charge in [-0.25, -0.2) is 26.7 Å². The third kappa shape index (κ3) is 3.52. The maximum Gasteiger partial charge on any atom is 0.242 e. The van der Waals surface area contributed by atoms with Gasteiger partial charge in [-0.3, -0.25) is 0 Å². The highest BCUT2D eigenvalue weighted by atomic mass is 32.2. The Morgan fingerprint density at radius 2 is 1.67 bits per heavy atom. The summed E-state index contributed by atoms with van der Waals surface area (Å²) in [6.07, 6.45) is 0.594. The van der Waals surface area contributed by atoms with Crippen LogP contribution in [-0.4, -0.2) is 22.9 Å². The summed E-state index contributed by atoms with van der Waals surface area (Å²) in [5.74, 6) is 0. The average Bonchev–Trinajstić information content (AvgIpc) is 2.27. The molecule has 18 heavy (non-hydrogen) atoms. The second-order valence-electron chi connectivity index (χ2n) is 3.92. The van der Waals surface area contributed by atoms with Crippen LogP contribution in [-0.2, 0) is 20.0 Å². The maximum absolute atomic E-state index is 12.0. The molecule has 1 aromatic rings. The Morgan fingerprint density at radius 1 is 1.17 bits per heavy atom. The second-order valence-corrected chi connectivity index (χ2v) is 7.13. The topological polar surface area (TPSA) is 106 Å². The van der Waals surface area contributed by atoms with Crippen LogP contribution in [0.5, 0.6) is 0 Å². The van der Waals surface area contributed by atoms with Gasteiger partial charge in [0.15, 0.2) is 0 Å². The zero-order chi connectivity index (χ0) is 14.0. The summed E-state index contributed by atoms with van der Waals surface area (Å²) in [7, 11) is -7.97. The van der Waals surface area contributed by atoms with Crippen LogP contribution < -0.4 is 9.86 Å². The van der Waals surface area contributed by atoms with Gasteiger partial charge in [0.25, 0.3) is 0 Å². The van der Waals surface area contributed by atoms with Crippen LogP contribution in [0.3, 0.4) is 0 Å². The van der Waals surface area contributed by atoms with Crippen molar-refractivity contribution in [2.24, 2.45) is 5.14 Å². The summed E-state index contributed by atoms with van der Waals surface area (Å²) in [5, 5.41) is 5.00. The average molecular weight is 292 g/mol. The molecule has 0 aliphatic carbocycles. The highest BCUT2D eigenvalue weighted by Gasteiger charge is 2.24. The molecule has 0 spiro atoms. The molecule has 1 rings (SSSR count). The predicted octanol–water partition coefficient (Wildman–Crippen LogP) is 0.411. The molecule has 0 saturated heterocycles. The summed E-state index contributed by atoms with van der Waals surface area (Å²) in [6, 6.07) is 4.95. The van der Waals surface area contributed by atoms with E-state index in [1.54, 1.807) is 6.92 Å². The van der Waals surface area contributed by atoms with Crippen molar-refractivity contribution < 1.29 is 16.8 Å².